The van der Waals surface area contributed by atoms with Crippen molar-refractivity contribution in [1.29, 1.82) is 0 Å². The fourth-order valence-corrected chi connectivity index (χ4v) is 9.33. The molecule has 0 unspecified atom stereocenters. The lowest BCUT2D eigenvalue weighted by Gasteiger charge is -2.27. The van der Waals surface area contributed by atoms with Gasteiger partial charge in [0.2, 0.25) is 0 Å². The molecular formula is C54H33N. The lowest BCUT2D eigenvalue weighted by molar-refractivity contribution is 1.30. The molecule has 55 heavy (non-hydrogen) atoms. The Morgan fingerprint density at radius 3 is 1.25 bits per heavy atom. The second-order valence-electron chi connectivity index (χ2n) is 14.9. The predicted molar refractivity (Wildman–Crippen MR) is 238 cm³/mol. The maximum atomic E-state index is 2.45. The molecule has 0 atom stereocenters. The Balaban J connectivity index is 1.17. The first-order valence-electron chi connectivity index (χ1n) is 19.1. The number of benzene rings is 11. The van der Waals surface area contributed by atoms with Crippen LogP contribution in [0.5, 0.6) is 0 Å². The van der Waals surface area contributed by atoms with Crippen LogP contribution in [0.25, 0.3) is 97.3 Å². The Kier molecular flexibility index (Phi) is 6.40. The standard InChI is InChI=1S/C54H33N/c1-3-10-40-30-42(22-18-34(40)8-1)36-24-27-44(28-25-36)55(45-29-26-35-9-2-4-11-41(35)31-45)46-32-43-23-21-39-13-6-16-48-47-15-5-12-37-19-20-38-14-7-17-49(53(38)51(37)47)50(33-46)54(43)52(39)48/h1-33H. The lowest BCUT2D eigenvalue weighted by Crippen LogP contribution is -2.10. The smallest absolute Gasteiger partial charge is 0.0474 e. The summed E-state index contributed by atoms with van der Waals surface area (Å²) in [5.74, 6) is 0. The summed E-state index contributed by atoms with van der Waals surface area (Å²) in [6.45, 7) is 0. The predicted octanol–water partition coefficient (Wildman–Crippen LogP) is 15.5. The third-order valence-electron chi connectivity index (χ3n) is 11.9. The highest BCUT2D eigenvalue weighted by Gasteiger charge is 2.19. The van der Waals surface area contributed by atoms with E-state index in [4.69, 9.17) is 0 Å². The molecule has 0 saturated heterocycles. The van der Waals surface area contributed by atoms with Crippen molar-refractivity contribution in [2.24, 2.45) is 0 Å². The minimum atomic E-state index is 1.12. The molecule has 12 aromatic rings. The van der Waals surface area contributed by atoms with Gasteiger partial charge in [0.05, 0.1) is 0 Å². The van der Waals surface area contributed by atoms with Crippen molar-refractivity contribution >= 4 is 103 Å². The van der Waals surface area contributed by atoms with Gasteiger partial charge in [0.15, 0.2) is 0 Å². The van der Waals surface area contributed by atoms with Gasteiger partial charge in [-0.25, -0.2) is 0 Å². The van der Waals surface area contributed by atoms with Crippen molar-refractivity contribution in [1.82, 2.24) is 0 Å². The molecular weight excluding hydrogens is 663 g/mol. The maximum absolute atomic E-state index is 2.45. The molecule has 1 nitrogen and oxygen atoms in total. The number of hydrogen-bond donors (Lipinski definition) is 0. The van der Waals surface area contributed by atoms with Crippen LogP contribution in [0, 0.1) is 0 Å². The van der Waals surface area contributed by atoms with Crippen LogP contribution in [0.3, 0.4) is 0 Å². The van der Waals surface area contributed by atoms with Crippen molar-refractivity contribution in [3.8, 4) is 11.1 Å². The first kappa shape index (κ1) is 30.3. The van der Waals surface area contributed by atoms with Gasteiger partial charge in [0.25, 0.3) is 0 Å². The summed E-state index contributed by atoms with van der Waals surface area (Å²) in [4.78, 5) is 2.44. The average molecular weight is 696 g/mol. The Hall–Kier alpha value is -7.22. The number of hydrogen-bond acceptors (Lipinski definition) is 1. The van der Waals surface area contributed by atoms with Crippen LogP contribution in [0.4, 0.5) is 17.1 Å². The lowest BCUT2D eigenvalue weighted by atomic mass is 9.87. The SMILES string of the molecule is c1ccc2cc(-c3ccc(N(c4ccc5ccccc5c4)c4cc5ccc6cccc7c8cccc9ccc%10cccc(c(c4)c5c67)c%10c98)cc3)ccc2c1. The van der Waals surface area contributed by atoms with Gasteiger partial charge < -0.3 is 4.90 Å². The second-order valence-corrected chi connectivity index (χ2v) is 14.9. The van der Waals surface area contributed by atoms with Gasteiger partial charge in [0, 0.05) is 17.1 Å². The van der Waals surface area contributed by atoms with Crippen LogP contribution in [0.2, 0.25) is 0 Å². The van der Waals surface area contributed by atoms with Crippen LogP contribution in [-0.4, -0.2) is 0 Å². The molecule has 0 fully saturated rings. The Bertz CT molecular complexity index is 3480. The fourth-order valence-electron chi connectivity index (χ4n) is 9.33. The minimum Gasteiger partial charge on any atom is -0.310 e. The molecule has 1 heteroatoms. The Morgan fingerprint density at radius 2 is 0.636 bits per heavy atom. The molecule has 12 aromatic carbocycles. The average Bonchev–Trinajstić information content (AvgIpc) is 3.25. The van der Waals surface area contributed by atoms with Gasteiger partial charge >= 0.3 is 0 Å². The summed E-state index contributed by atoms with van der Waals surface area (Å²) in [5, 5.41) is 20.4. The molecule has 0 heterocycles. The third-order valence-corrected chi connectivity index (χ3v) is 11.9. The highest BCUT2D eigenvalue weighted by molar-refractivity contribution is 6.37. The molecule has 0 amide bonds. The highest BCUT2D eigenvalue weighted by Crippen LogP contribution is 2.46. The van der Waals surface area contributed by atoms with Crippen molar-refractivity contribution in [3.05, 3.63) is 200 Å². The quantitative estimate of drug-likeness (QED) is 0.166. The minimum absolute atomic E-state index is 1.12. The van der Waals surface area contributed by atoms with E-state index in [1.54, 1.807) is 0 Å². The topological polar surface area (TPSA) is 3.24 Å². The van der Waals surface area contributed by atoms with Crippen LogP contribution in [0.15, 0.2) is 200 Å². The van der Waals surface area contributed by atoms with Gasteiger partial charge in [-0.05, 0) is 140 Å². The van der Waals surface area contributed by atoms with E-state index in [1.807, 2.05) is 0 Å². The molecule has 0 aromatic heterocycles. The zero-order valence-electron chi connectivity index (χ0n) is 30.0. The van der Waals surface area contributed by atoms with E-state index in [1.165, 1.54) is 97.3 Å². The van der Waals surface area contributed by atoms with Gasteiger partial charge in [-0.15, -0.1) is 0 Å². The molecule has 0 aliphatic carbocycles. The number of nitrogens with zero attached hydrogens (tertiary/aromatic N) is 1. The molecule has 0 saturated carbocycles. The van der Waals surface area contributed by atoms with E-state index in [0.717, 1.165) is 17.1 Å². The van der Waals surface area contributed by atoms with Crippen LogP contribution >= 0.6 is 0 Å². The number of anilines is 3. The van der Waals surface area contributed by atoms with E-state index in [0.29, 0.717) is 0 Å². The summed E-state index contributed by atoms with van der Waals surface area (Å²) in [6, 6.07) is 74.4. The van der Waals surface area contributed by atoms with Gasteiger partial charge in [-0.3, -0.25) is 0 Å². The Labute approximate surface area is 318 Å². The molecule has 0 aliphatic heterocycles. The summed E-state index contributed by atoms with van der Waals surface area (Å²) in [5.41, 5.74) is 5.79. The van der Waals surface area contributed by atoms with E-state index < -0.39 is 0 Å². The summed E-state index contributed by atoms with van der Waals surface area (Å²) >= 11 is 0. The molecule has 0 spiro atoms. The Morgan fingerprint density at radius 1 is 0.218 bits per heavy atom. The van der Waals surface area contributed by atoms with E-state index in [-0.39, 0.29) is 0 Å². The summed E-state index contributed by atoms with van der Waals surface area (Å²) in [6.07, 6.45) is 0. The fraction of sp³-hybridized carbons (Fsp3) is 0. The third kappa shape index (κ3) is 4.60. The van der Waals surface area contributed by atoms with Crippen LogP contribution < -0.4 is 4.90 Å². The van der Waals surface area contributed by atoms with E-state index in [2.05, 4.69) is 205 Å². The van der Waals surface area contributed by atoms with Crippen molar-refractivity contribution in [3.63, 3.8) is 0 Å². The van der Waals surface area contributed by atoms with Crippen molar-refractivity contribution < 1.29 is 0 Å². The molecule has 12 rings (SSSR count). The number of fused-ring (bicyclic) bond motifs is 4. The zero-order valence-corrected chi connectivity index (χ0v) is 30.0. The maximum Gasteiger partial charge on any atom is 0.0474 e. The molecule has 254 valence electrons. The van der Waals surface area contributed by atoms with Gasteiger partial charge in [-0.1, -0.05) is 158 Å². The summed E-state index contributed by atoms with van der Waals surface area (Å²) < 4.78 is 0. The summed E-state index contributed by atoms with van der Waals surface area (Å²) in [7, 11) is 0. The molecule has 0 bridgehead atoms. The van der Waals surface area contributed by atoms with E-state index >= 15 is 0 Å². The van der Waals surface area contributed by atoms with Gasteiger partial charge in [-0.2, -0.15) is 0 Å². The van der Waals surface area contributed by atoms with Gasteiger partial charge in [0.1, 0.15) is 0 Å². The molecule has 0 radical (unpaired) electrons. The normalized spacial score (nSPS) is 12.0. The van der Waals surface area contributed by atoms with E-state index in [9.17, 15) is 0 Å². The largest absolute Gasteiger partial charge is 0.310 e. The highest BCUT2D eigenvalue weighted by atomic mass is 15.1. The van der Waals surface area contributed by atoms with Crippen molar-refractivity contribution in [2.75, 3.05) is 4.90 Å². The monoisotopic (exact) mass is 695 g/mol. The second kappa shape index (κ2) is 11.6. The van der Waals surface area contributed by atoms with Crippen LogP contribution in [-0.2, 0) is 0 Å². The number of rotatable bonds is 4. The molecule has 0 aliphatic rings. The van der Waals surface area contributed by atoms with Crippen LogP contribution in [0.1, 0.15) is 0 Å². The first-order chi connectivity index (χ1) is 27.2. The first-order valence-corrected chi connectivity index (χ1v) is 19.1. The van der Waals surface area contributed by atoms with Crippen molar-refractivity contribution in [2.45, 2.75) is 0 Å². The zero-order chi connectivity index (χ0) is 36.0. The molecule has 0 N–H and O–H groups in total.